The zero-order valence-corrected chi connectivity index (χ0v) is 24.4. The molecule has 0 bridgehead atoms. The summed E-state index contributed by atoms with van der Waals surface area (Å²) in [5, 5.41) is 0. The summed E-state index contributed by atoms with van der Waals surface area (Å²) in [6.07, 6.45) is 10.0. The summed E-state index contributed by atoms with van der Waals surface area (Å²) >= 11 is 1.48. The van der Waals surface area contributed by atoms with Crippen LogP contribution in [0.5, 0.6) is 0 Å². The maximum Gasteiger partial charge on any atom is 0.265 e. The molecule has 1 fully saturated rings. The van der Waals surface area contributed by atoms with Crippen LogP contribution in [0.25, 0.3) is 6.08 Å². The summed E-state index contributed by atoms with van der Waals surface area (Å²) in [6.45, 7) is 3.44. The fraction of sp³-hybridized carbons (Fsp3) is 0.353. The first-order valence-electron chi connectivity index (χ1n) is 14.4. The molecule has 0 saturated heterocycles. The number of primary amides is 1. The van der Waals surface area contributed by atoms with E-state index in [0.717, 1.165) is 45.8 Å². The molecule has 1 aliphatic carbocycles. The molecule has 5 rings (SSSR count). The molecule has 0 spiro atoms. The lowest BCUT2D eigenvalue weighted by atomic mass is 9.94. The van der Waals surface area contributed by atoms with Crippen LogP contribution in [0.2, 0.25) is 0 Å². The van der Waals surface area contributed by atoms with Gasteiger partial charge in [0.15, 0.2) is 0 Å². The van der Waals surface area contributed by atoms with E-state index in [9.17, 15) is 9.59 Å². The van der Waals surface area contributed by atoms with Gasteiger partial charge in [-0.1, -0.05) is 91.2 Å². The summed E-state index contributed by atoms with van der Waals surface area (Å²) < 4.78 is 0. The second kappa shape index (κ2) is 12.9. The molecular formula is C34H39N3O2S. The average Bonchev–Trinajstić information content (AvgIpc) is 2.96. The number of thioether (sulfide) groups is 1. The number of nitrogens with two attached hydrogens (primary N) is 1. The Morgan fingerprint density at radius 2 is 1.82 bits per heavy atom. The molecule has 1 aliphatic heterocycles. The van der Waals surface area contributed by atoms with E-state index in [1.807, 2.05) is 59.5 Å². The van der Waals surface area contributed by atoms with E-state index in [1.165, 1.54) is 43.9 Å². The number of carbonyl (C=O) groups is 2. The number of hydrogen-bond acceptors (Lipinski definition) is 4. The second-order valence-electron chi connectivity index (χ2n) is 11.1. The minimum Gasteiger partial charge on any atom is -0.366 e. The number of rotatable bonds is 9. The number of carbonyl (C=O) groups excluding carboxylic acids is 2. The lowest BCUT2D eigenvalue weighted by molar-refractivity contribution is -0.114. The standard InChI is InChI=1S/C34H39N3O2S/c1-24-11-9-14-26(21-24)23-37-32-28(17-10-20-36(2)27-15-7-4-8-16-27)29(33(35)38)18-19-30(32)40-31(34(37)39)22-25-12-5-3-6-13-25/h3,5-6,9,11-14,18-19,21-22,27H,4,7-8,10,15-17,20,23H2,1-2H3,(H2,35,38). The first kappa shape index (κ1) is 28.2. The Labute approximate surface area is 242 Å². The van der Waals surface area contributed by atoms with Gasteiger partial charge in [0.05, 0.1) is 17.1 Å². The zero-order valence-electron chi connectivity index (χ0n) is 23.6. The molecule has 0 aromatic heterocycles. The molecule has 3 aromatic rings. The van der Waals surface area contributed by atoms with E-state index < -0.39 is 5.91 Å². The Balaban J connectivity index is 1.51. The van der Waals surface area contributed by atoms with E-state index in [1.54, 1.807) is 0 Å². The molecule has 3 aromatic carbocycles. The van der Waals surface area contributed by atoms with Gasteiger partial charge in [-0.3, -0.25) is 9.59 Å². The molecular weight excluding hydrogens is 514 g/mol. The Hall–Kier alpha value is -3.35. The van der Waals surface area contributed by atoms with Crippen molar-refractivity contribution in [3.8, 4) is 0 Å². The molecule has 6 heteroatoms. The highest BCUT2D eigenvalue weighted by atomic mass is 32.2. The Morgan fingerprint density at radius 1 is 1.05 bits per heavy atom. The van der Waals surface area contributed by atoms with Gasteiger partial charge in [-0.25, -0.2) is 0 Å². The van der Waals surface area contributed by atoms with Gasteiger partial charge < -0.3 is 15.5 Å². The van der Waals surface area contributed by atoms with Crippen molar-refractivity contribution < 1.29 is 9.59 Å². The summed E-state index contributed by atoms with van der Waals surface area (Å²) in [6, 6.07) is 22.6. The number of amides is 2. The van der Waals surface area contributed by atoms with Crippen LogP contribution in [-0.4, -0.2) is 36.3 Å². The summed E-state index contributed by atoms with van der Waals surface area (Å²) in [4.78, 5) is 32.7. The van der Waals surface area contributed by atoms with Crippen molar-refractivity contribution >= 4 is 35.3 Å². The molecule has 2 amide bonds. The molecule has 1 saturated carbocycles. The maximum atomic E-state index is 14.1. The van der Waals surface area contributed by atoms with E-state index in [2.05, 4.69) is 37.1 Å². The van der Waals surface area contributed by atoms with Crippen molar-refractivity contribution in [2.24, 2.45) is 5.73 Å². The van der Waals surface area contributed by atoms with Crippen molar-refractivity contribution in [2.45, 2.75) is 69.4 Å². The predicted molar refractivity (Wildman–Crippen MR) is 165 cm³/mol. The zero-order chi connectivity index (χ0) is 28.1. The number of anilines is 1. The minimum atomic E-state index is -0.447. The van der Waals surface area contributed by atoms with Gasteiger partial charge in [-0.2, -0.15) is 0 Å². The Morgan fingerprint density at radius 3 is 2.55 bits per heavy atom. The monoisotopic (exact) mass is 553 g/mol. The summed E-state index contributed by atoms with van der Waals surface area (Å²) in [5.41, 5.74) is 11.3. The van der Waals surface area contributed by atoms with Crippen molar-refractivity contribution in [2.75, 3.05) is 18.5 Å². The van der Waals surface area contributed by atoms with Crippen LogP contribution < -0.4 is 10.6 Å². The van der Waals surface area contributed by atoms with E-state index >= 15 is 0 Å². The first-order valence-corrected chi connectivity index (χ1v) is 15.2. The largest absolute Gasteiger partial charge is 0.366 e. The van der Waals surface area contributed by atoms with Gasteiger partial charge in [-0.15, -0.1) is 0 Å². The highest BCUT2D eigenvalue weighted by Crippen LogP contribution is 2.46. The minimum absolute atomic E-state index is 0.0509. The first-order chi connectivity index (χ1) is 19.4. The second-order valence-corrected chi connectivity index (χ2v) is 12.2. The van der Waals surface area contributed by atoms with Crippen molar-refractivity contribution in [3.63, 3.8) is 0 Å². The smallest absolute Gasteiger partial charge is 0.265 e. The predicted octanol–water partition coefficient (Wildman–Crippen LogP) is 6.97. The number of hydrogen-bond donors (Lipinski definition) is 1. The lowest BCUT2D eigenvalue weighted by Crippen LogP contribution is -2.36. The Kier molecular flexibility index (Phi) is 9.08. The summed E-state index contributed by atoms with van der Waals surface area (Å²) in [5.74, 6) is -0.498. The fourth-order valence-electron chi connectivity index (χ4n) is 6.02. The number of aryl methyl sites for hydroxylation is 1. The molecule has 208 valence electrons. The van der Waals surface area contributed by atoms with Crippen LogP contribution in [-0.2, 0) is 17.8 Å². The van der Waals surface area contributed by atoms with Crippen LogP contribution in [0.4, 0.5) is 5.69 Å². The van der Waals surface area contributed by atoms with Crippen LogP contribution >= 0.6 is 11.8 Å². The van der Waals surface area contributed by atoms with E-state index in [4.69, 9.17) is 5.73 Å². The molecule has 2 aliphatic rings. The number of fused-ring (bicyclic) bond motifs is 1. The molecule has 5 nitrogen and oxygen atoms in total. The van der Waals surface area contributed by atoms with Gasteiger partial charge in [0.1, 0.15) is 0 Å². The van der Waals surface area contributed by atoms with Gasteiger partial charge in [0, 0.05) is 16.5 Å². The molecule has 40 heavy (non-hydrogen) atoms. The van der Waals surface area contributed by atoms with Crippen LogP contribution in [0.15, 0.2) is 76.5 Å². The van der Waals surface area contributed by atoms with Gasteiger partial charge >= 0.3 is 0 Å². The van der Waals surface area contributed by atoms with Gasteiger partial charge in [-0.05, 0) is 81.1 Å². The third kappa shape index (κ3) is 6.51. The topological polar surface area (TPSA) is 66.6 Å². The number of benzene rings is 3. The van der Waals surface area contributed by atoms with Crippen LogP contribution in [0.3, 0.4) is 0 Å². The Bertz CT molecular complexity index is 1400. The molecule has 0 radical (unpaired) electrons. The lowest BCUT2D eigenvalue weighted by Gasteiger charge is -2.34. The van der Waals surface area contributed by atoms with Crippen LogP contribution in [0, 0.1) is 6.92 Å². The highest BCUT2D eigenvalue weighted by molar-refractivity contribution is 8.04. The third-order valence-electron chi connectivity index (χ3n) is 8.11. The fourth-order valence-corrected chi connectivity index (χ4v) is 7.11. The van der Waals surface area contributed by atoms with Crippen molar-refractivity contribution in [1.29, 1.82) is 0 Å². The van der Waals surface area contributed by atoms with Crippen LogP contribution in [0.1, 0.15) is 71.1 Å². The maximum absolute atomic E-state index is 14.1. The van der Waals surface area contributed by atoms with Crippen molar-refractivity contribution in [1.82, 2.24) is 4.90 Å². The van der Waals surface area contributed by atoms with Crippen molar-refractivity contribution in [3.05, 3.63) is 99.5 Å². The van der Waals surface area contributed by atoms with E-state index in [-0.39, 0.29) is 5.91 Å². The number of nitrogens with zero attached hydrogens (tertiary/aromatic N) is 2. The average molecular weight is 554 g/mol. The molecule has 2 N–H and O–H groups in total. The molecule has 0 unspecified atom stereocenters. The van der Waals surface area contributed by atoms with E-state index in [0.29, 0.717) is 29.5 Å². The van der Waals surface area contributed by atoms with Gasteiger partial charge in [0.2, 0.25) is 5.91 Å². The summed E-state index contributed by atoms with van der Waals surface area (Å²) in [7, 11) is 2.22. The SMILES string of the molecule is Cc1cccc(CN2C(=O)C(=Cc3ccccc3)Sc3ccc(C(N)=O)c(CCCN(C)C4CCCCC4)c32)c1. The quantitative estimate of drug-likeness (QED) is 0.291. The highest BCUT2D eigenvalue weighted by Gasteiger charge is 2.33. The normalized spacial score (nSPS) is 16.9. The molecule has 1 heterocycles. The molecule has 0 atom stereocenters. The third-order valence-corrected chi connectivity index (χ3v) is 9.17. The van der Waals surface area contributed by atoms with Gasteiger partial charge in [0.25, 0.3) is 5.91 Å².